The first-order valence-electron chi connectivity index (χ1n) is 21.2. The SMILES string of the molecule is c1ccc(-c2nc(-c3ccc4sc5ccccc5c4c3)nc(-c3cccc4c3oc3c5ccccc5c(-n5c6cc7ccccc7cc6c6ccc7ccccc7c65)cc43)n2)cc1. The minimum absolute atomic E-state index is 0.559. The van der Waals surface area contributed by atoms with Gasteiger partial charge in [0.05, 0.1) is 22.3 Å². The second-order valence-electron chi connectivity index (χ2n) is 16.3. The van der Waals surface area contributed by atoms with Crippen LogP contribution in [0.2, 0.25) is 0 Å². The molecule has 5 nitrogen and oxygen atoms in total. The average Bonchev–Trinajstić information content (AvgIpc) is 4.02. The van der Waals surface area contributed by atoms with Crippen molar-refractivity contribution in [3.8, 4) is 39.9 Å². The van der Waals surface area contributed by atoms with Crippen molar-refractivity contribution in [2.45, 2.75) is 0 Å². The zero-order valence-electron chi connectivity index (χ0n) is 33.6. The number of para-hydroxylation sites is 1. The molecule has 4 heterocycles. The molecule has 0 amide bonds. The van der Waals surface area contributed by atoms with Gasteiger partial charge in [0, 0.05) is 69.0 Å². The number of nitrogens with zero attached hydrogens (tertiary/aromatic N) is 4. The third kappa shape index (κ3) is 5.13. The molecule has 0 fully saturated rings. The lowest BCUT2D eigenvalue weighted by Crippen LogP contribution is -2.00. The maximum atomic E-state index is 7.10. The molecule has 63 heavy (non-hydrogen) atoms. The van der Waals surface area contributed by atoms with Crippen LogP contribution in [0, 0.1) is 0 Å². The summed E-state index contributed by atoms with van der Waals surface area (Å²) in [6.07, 6.45) is 0. The zero-order valence-corrected chi connectivity index (χ0v) is 34.4. The molecule has 10 aromatic carbocycles. The molecule has 0 radical (unpaired) electrons. The fraction of sp³-hybridized carbons (Fsp3) is 0. The van der Waals surface area contributed by atoms with Crippen molar-refractivity contribution in [3.63, 3.8) is 0 Å². The van der Waals surface area contributed by atoms with E-state index in [0.29, 0.717) is 17.5 Å². The number of benzene rings is 10. The van der Waals surface area contributed by atoms with E-state index in [0.717, 1.165) is 60.6 Å². The van der Waals surface area contributed by atoms with Crippen LogP contribution in [0.25, 0.3) is 136 Å². The minimum atomic E-state index is 0.559. The van der Waals surface area contributed by atoms with Crippen LogP contribution in [0.5, 0.6) is 0 Å². The van der Waals surface area contributed by atoms with Crippen LogP contribution in [0.1, 0.15) is 0 Å². The highest BCUT2D eigenvalue weighted by atomic mass is 32.1. The van der Waals surface area contributed by atoms with E-state index in [2.05, 4.69) is 180 Å². The van der Waals surface area contributed by atoms with E-state index in [-0.39, 0.29) is 0 Å². The van der Waals surface area contributed by atoms with Gasteiger partial charge in [-0.1, -0.05) is 146 Å². The first kappa shape index (κ1) is 34.5. The smallest absolute Gasteiger partial charge is 0.167 e. The maximum Gasteiger partial charge on any atom is 0.167 e. The van der Waals surface area contributed by atoms with Crippen molar-refractivity contribution < 1.29 is 4.42 Å². The van der Waals surface area contributed by atoms with Crippen molar-refractivity contribution in [2.75, 3.05) is 0 Å². The van der Waals surface area contributed by atoms with E-state index in [4.69, 9.17) is 19.4 Å². The molecule has 0 saturated carbocycles. The third-order valence-electron chi connectivity index (χ3n) is 12.8. The molecule has 0 saturated heterocycles. The molecule has 0 atom stereocenters. The average molecular weight is 821 g/mol. The van der Waals surface area contributed by atoms with Gasteiger partial charge in [-0.2, -0.15) is 0 Å². The summed E-state index contributed by atoms with van der Waals surface area (Å²) in [5.74, 6) is 1.78. The maximum absolute atomic E-state index is 7.10. The molecule has 0 N–H and O–H groups in total. The van der Waals surface area contributed by atoms with Crippen molar-refractivity contribution in [1.82, 2.24) is 19.5 Å². The zero-order chi connectivity index (χ0) is 41.2. The van der Waals surface area contributed by atoms with E-state index < -0.39 is 0 Å². The van der Waals surface area contributed by atoms with Gasteiger partial charge in [0.25, 0.3) is 0 Å². The van der Waals surface area contributed by atoms with Crippen molar-refractivity contribution in [3.05, 3.63) is 194 Å². The molecule has 0 bridgehead atoms. The topological polar surface area (TPSA) is 56.7 Å². The van der Waals surface area contributed by atoms with Crippen LogP contribution in [-0.2, 0) is 0 Å². The molecule has 0 aliphatic rings. The molecule has 0 spiro atoms. The Kier molecular flexibility index (Phi) is 7.21. The van der Waals surface area contributed by atoms with Crippen molar-refractivity contribution >= 4 is 108 Å². The highest BCUT2D eigenvalue weighted by Crippen LogP contribution is 2.45. The number of hydrogen-bond donors (Lipinski definition) is 0. The largest absolute Gasteiger partial charge is 0.455 e. The number of furan rings is 1. The van der Waals surface area contributed by atoms with Crippen molar-refractivity contribution in [1.29, 1.82) is 0 Å². The lowest BCUT2D eigenvalue weighted by molar-refractivity contribution is 0.673. The summed E-state index contributed by atoms with van der Waals surface area (Å²) in [7, 11) is 0. The predicted molar refractivity (Wildman–Crippen MR) is 263 cm³/mol. The first-order valence-corrected chi connectivity index (χ1v) is 22.0. The molecular weight excluding hydrogens is 789 g/mol. The molecule has 4 aromatic heterocycles. The highest BCUT2D eigenvalue weighted by Gasteiger charge is 2.23. The summed E-state index contributed by atoms with van der Waals surface area (Å²) < 4.78 is 12.1. The second-order valence-corrected chi connectivity index (χ2v) is 17.4. The summed E-state index contributed by atoms with van der Waals surface area (Å²) in [4.78, 5) is 15.5. The van der Waals surface area contributed by atoms with Gasteiger partial charge in [0.1, 0.15) is 11.2 Å². The number of aromatic nitrogens is 4. The molecule has 14 rings (SSSR count). The van der Waals surface area contributed by atoms with Crippen LogP contribution < -0.4 is 0 Å². The van der Waals surface area contributed by atoms with E-state index in [1.54, 1.807) is 11.3 Å². The third-order valence-corrected chi connectivity index (χ3v) is 13.9. The fourth-order valence-corrected chi connectivity index (χ4v) is 11.0. The molecule has 0 aliphatic carbocycles. The van der Waals surface area contributed by atoms with Gasteiger partial charge >= 0.3 is 0 Å². The minimum Gasteiger partial charge on any atom is -0.455 e. The molecule has 14 aromatic rings. The first-order chi connectivity index (χ1) is 31.2. The summed E-state index contributed by atoms with van der Waals surface area (Å²) >= 11 is 1.80. The van der Waals surface area contributed by atoms with E-state index >= 15 is 0 Å². The Labute approximate surface area is 363 Å². The van der Waals surface area contributed by atoms with Gasteiger partial charge in [-0.05, 0) is 64.7 Å². The second kappa shape index (κ2) is 13.2. The lowest BCUT2D eigenvalue weighted by Gasteiger charge is -2.14. The summed E-state index contributed by atoms with van der Waals surface area (Å²) in [6, 6.07) is 69.2. The quantitative estimate of drug-likeness (QED) is 0.177. The van der Waals surface area contributed by atoms with Gasteiger partial charge < -0.3 is 8.98 Å². The lowest BCUT2D eigenvalue weighted by atomic mass is 10.0. The number of rotatable bonds is 4. The number of thiophene rings is 1. The standard InChI is InChI=1S/C57H32N4OS/c1-2-14-34(15-3-1)55-58-56(37-26-28-51-46(30-37)40-20-10-11-24-50(40)63-51)60-57(59-55)44-23-12-22-43-47-32-49(39-19-8-9-21-42(39)54(47)62-53(43)44)61-48-31-36-17-5-4-16-35(36)29-45(48)41-27-25-33-13-6-7-18-38(33)52(41)61/h1-32H. The molecular formula is C57H32N4OS. The van der Waals surface area contributed by atoms with Crippen molar-refractivity contribution in [2.24, 2.45) is 0 Å². The van der Waals surface area contributed by atoms with Crippen LogP contribution in [0.4, 0.5) is 0 Å². The van der Waals surface area contributed by atoms with E-state index in [1.165, 1.54) is 58.0 Å². The monoisotopic (exact) mass is 820 g/mol. The Morgan fingerprint density at radius 1 is 0.365 bits per heavy atom. The summed E-state index contributed by atoms with van der Waals surface area (Å²) in [5, 5.41) is 13.9. The van der Waals surface area contributed by atoms with Crippen LogP contribution >= 0.6 is 11.3 Å². The molecule has 6 heteroatoms. The number of fused-ring (bicyclic) bond motifs is 14. The Morgan fingerprint density at radius 3 is 1.87 bits per heavy atom. The van der Waals surface area contributed by atoms with Crippen LogP contribution in [0.15, 0.2) is 199 Å². The Hall–Kier alpha value is -8.19. The van der Waals surface area contributed by atoms with Gasteiger partial charge in [-0.15, -0.1) is 11.3 Å². The fourth-order valence-electron chi connectivity index (χ4n) is 9.88. The Bertz CT molecular complexity index is 4220. The van der Waals surface area contributed by atoms with Gasteiger partial charge in [0.2, 0.25) is 0 Å². The normalized spacial score (nSPS) is 12.1. The molecule has 0 aliphatic heterocycles. The Balaban J connectivity index is 1.04. The molecule has 292 valence electrons. The molecule has 0 unspecified atom stereocenters. The van der Waals surface area contributed by atoms with Crippen LogP contribution in [-0.4, -0.2) is 19.5 Å². The Morgan fingerprint density at radius 2 is 1.02 bits per heavy atom. The number of hydrogen-bond acceptors (Lipinski definition) is 5. The summed E-state index contributed by atoms with van der Waals surface area (Å²) in [6.45, 7) is 0. The van der Waals surface area contributed by atoms with Gasteiger partial charge in [0.15, 0.2) is 17.5 Å². The van der Waals surface area contributed by atoms with Crippen LogP contribution in [0.3, 0.4) is 0 Å². The summed E-state index contributed by atoms with van der Waals surface area (Å²) in [5.41, 5.74) is 7.70. The van der Waals surface area contributed by atoms with E-state index in [1.807, 2.05) is 18.2 Å². The van der Waals surface area contributed by atoms with Gasteiger partial charge in [-0.3, -0.25) is 0 Å². The predicted octanol–water partition coefficient (Wildman–Crippen LogP) is 15.7. The van der Waals surface area contributed by atoms with Gasteiger partial charge in [-0.25, -0.2) is 15.0 Å². The highest BCUT2D eigenvalue weighted by molar-refractivity contribution is 7.25. The van der Waals surface area contributed by atoms with E-state index in [9.17, 15) is 0 Å².